The van der Waals surface area contributed by atoms with Gasteiger partial charge >= 0.3 is 0 Å². The van der Waals surface area contributed by atoms with Gasteiger partial charge in [0.25, 0.3) is 5.56 Å². The second-order valence-corrected chi connectivity index (χ2v) is 4.18. The molecule has 0 bridgehead atoms. The molecule has 0 radical (unpaired) electrons. The van der Waals surface area contributed by atoms with Gasteiger partial charge in [0, 0.05) is 11.6 Å². The lowest BCUT2D eigenvalue weighted by Gasteiger charge is -2.08. The van der Waals surface area contributed by atoms with Crippen LogP contribution in [0.2, 0.25) is 0 Å². The van der Waals surface area contributed by atoms with Crippen LogP contribution in [0.25, 0.3) is 16.9 Å². The average Bonchev–Trinajstić information content (AvgIpc) is 2.94. The molecule has 6 nitrogen and oxygen atoms in total. The van der Waals surface area contributed by atoms with Crippen molar-refractivity contribution in [3.05, 3.63) is 58.9 Å². The van der Waals surface area contributed by atoms with Gasteiger partial charge in [-0.2, -0.15) is 5.10 Å². The minimum Gasteiger partial charge on any atom is -0.288 e. The van der Waals surface area contributed by atoms with Gasteiger partial charge in [-0.25, -0.2) is 5.10 Å². The van der Waals surface area contributed by atoms with E-state index in [4.69, 9.17) is 0 Å². The highest BCUT2D eigenvalue weighted by molar-refractivity contribution is 5.63. The third-order valence-corrected chi connectivity index (χ3v) is 2.88. The van der Waals surface area contributed by atoms with E-state index in [-0.39, 0.29) is 5.56 Å². The summed E-state index contributed by atoms with van der Waals surface area (Å²) in [5, 5.41) is 14.1. The Kier molecular flexibility index (Phi) is 2.68. The Morgan fingerprint density at radius 2 is 1.89 bits per heavy atom. The van der Waals surface area contributed by atoms with Crippen molar-refractivity contribution < 1.29 is 0 Å². The fraction of sp³-hybridized carbons (Fsp3) is 0.0769. The van der Waals surface area contributed by atoms with E-state index >= 15 is 0 Å². The molecular formula is C13H11N5O. The van der Waals surface area contributed by atoms with Crippen LogP contribution >= 0.6 is 0 Å². The summed E-state index contributed by atoms with van der Waals surface area (Å²) in [6.45, 7) is 2.01. The molecule has 0 unspecified atom stereocenters. The van der Waals surface area contributed by atoms with Gasteiger partial charge in [-0.05, 0) is 24.6 Å². The van der Waals surface area contributed by atoms with Crippen LogP contribution in [0, 0.1) is 6.92 Å². The third kappa shape index (κ3) is 2.15. The van der Waals surface area contributed by atoms with Gasteiger partial charge in [-0.1, -0.05) is 12.1 Å². The van der Waals surface area contributed by atoms with Crippen LogP contribution in [0.15, 0.2) is 47.8 Å². The summed E-state index contributed by atoms with van der Waals surface area (Å²) >= 11 is 0. The summed E-state index contributed by atoms with van der Waals surface area (Å²) in [7, 11) is 0. The lowest BCUT2D eigenvalue weighted by molar-refractivity contribution is 0.992. The second-order valence-electron chi connectivity index (χ2n) is 4.18. The highest BCUT2D eigenvalue weighted by atomic mass is 16.1. The lowest BCUT2D eigenvalue weighted by atomic mass is 10.1. The maximum atomic E-state index is 11.0. The Bertz CT molecular complexity index is 740. The zero-order valence-electron chi connectivity index (χ0n) is 10.2. The molecule has 0 saturated carbocycles. The van der Waals surface area contributed by atoms with Crippen molar-refractivity contribution in [2.24, 2.45) is 0 Å². The van der Waals surface area contributed by atoms with E-state index in [9.17, 15) is 4.79 Å². The fourth-order valence-corrected chi connectivity index (χ4v) is 1.88. The SMILES string of the molecule is Cc1ccc(-c2ccc(=O)[nH]n2)cc1-n1cnnc1. The first-order valence-electron chi connectivity index (χ1n) is 5.76. The standard InChI is InChI=1S/C13H11N5O/c1-9-2-3-10(11-4-5-13(19)17-16-11)6-12(9)18-7-14-15-8-18/h2-8H,1H3,(H,17,19). The highest BCUT2D eigenvalue weighted by Gasteiger charge is 2.05. The molecule has 2 heterocycles. The molecule has 1 aromatic carbocycles. The molecular weight excluding hydrogens is 242 g/mol. The molecule has 0 saturated heterocycles. The third-order valence-electron chi connectivity index (χ3n) is 2.88. The number of benzene rings is 1. The van der Waals surface area contributed by atoms with Gasteiger partial charge in [0.15, 0.2) is 0 Å². The molecule has 0 spiro atoms. The van der Waals surface area contributed by atoms with E-state index < -0.39 is 0 Å². The van der Waals surface area contributed by atoms with Crippen molar-refractivity contribution in [3.63, 3.8) is 0 Å². The predicted octanol–water partition coefficient (Wildman–Crippen LogP) is 1.33. The van der Waals surface area contributed by atoms with E-state index in [0.717, 1.165) is 16.8 Å². The first kappa shape index (κ1) is 11.3. The minimum atomic E-state index is -0.213. The van der Waals surface area contributed by atoms with Gasteiger partial charge in [0.05, 0.1) is 11.4 Å². The van der Waals surface area contributed by atoms with Gasteiger partial charge in [-0.15, -0.1) is 10.2 Å². The topological polar surface area (TPSA) is 76.5 Å². The van der Waals surface area contributed by atoms with E-state index in [1.165, 1.54) is 6.07 Å². The first-order valence-corrected chi connectivity index (χ1v) is 5.76. The maximum Gasteiger partial charge on any atom is 0.264 e. The molecule has 0 aliphatic rings. The molecule has 3 rings (SSSR count). The quantitative estimate of drug-likeness (QED) is 0.747. The maximum absolute atomic E-state index is 11.0. The summed E-state index contributed by atoms with van der Waals surface area (Å²) in [6, 6.07) is 9.10. The fourth-order valence-electron chi connectivity index (χ4n) is 1.88. The van der Waals surface area contributed by atoms with Crippen LogP contribution in [0.3, 0.4) is 0 Å². The summed E-state index contributed by atoms with van der Waals surface area (Å²) < 4.78 is 1.84. The van der Waals surface area contributed by atoms with E-state index in [1.807, 2.05) is 29.7 Å². The average molecular weight is 253 g/mol. The van der Waals surface area contributed by atoms with Crippen LogP contribution < -0.4 is 5.56 Å². The Hall–Kier alpha value is -2.76. The smallest absolute Gasteiger partial charge is 0.264 e. The molecule has 0 atom stereocenters. The molecule has 0 fully saturated rings. The number of nitrogens with one attached hydrogen (secondary N) is 1. The van der Waals surface area contributed by atoms with Crippen LogP contribution in [-0.2, 0) is 0 Å². The van der Waals surface area contributed by atoms with Crippen molar-refractivity contribution in [3.8, 4) is 16.9 Å². The van der Waals surface area contributed by atoms with Crippen LogP contribution in [-0.4, -0.2) is 25.0 Å². The first-order chi connectivity index (χ1) is 9.24. The van der Waals surface area contributed by atoms with Crippen molar-refractivity contribution in [2.75, 3.05) is 0 Å². The van der Waals surface area contributed by atoms with E-state index in [0.29, 0.717) is 5.69 Å². The number of H-pyrrole nitrogens is 1. The second kappa shape index (κ2) is 4.49. The Morgan fingerprint density at radius 3 is 2.58 bits per heavy atom. The van der Waals surface area contributed by atoms with Crippen molar-refractivity contribution in [2.45, 2.75) is 6.92 Å². The number of aromatic nitrogens is 5. The van der Waals surface area contributed by atoms with Crippen molar-refractivity contribution in [1.82, 2.24) is 25.0 Å². The van der Waals surface area contributed by atoms with Crippen molar-refractivity contribution in [1.29, 1.82) is 0 Å². The highest BCUT2D eigenvalue weighted by Crippen LogP contribution is 2.22. The van der Waals surface area contributed by atoms with Gasteiger partial charge in [0.1, 0.15) is 12.7 Å². The Labute approximate surface area is 108 Å². The largest absolute Gasteiger partial charge is 0.288 e. The number of aryl methyl sites for hydroxylation is 1. The Balaban J connectivity index is 2.11. The van der Waals surface area contributed by atoms with Gasteiger partial charge in [0.2, 0.25) is 0 Å². The molecule has 6 heteroatoms. The number of rotatable bonds is 2. The molecule has 0 amide bonds. The number of nitrogens with zero attached hydrogens (tertiary/aromatic N) is 4. The van der Waals surface area contributed by atoms with Crippen molar-refractivity contribution >= 4 is 0 Å². The number of hydrogen-bond acceptors (Lipinski definition) is 4. The number of aromatic amines is 1. The van der Waals surface area contributed by atoms with Crippen LogP contribution in [0.4, 0.5) is 0 Å². The van der Waals surface area contributed by atoms with Crippen LogP contribution in [0.1, 0.15) is 5.56 Å². The lowest BCUT2D eigenvalue weighted by Crippen LogP contribution is -2.05. The normalized spacial score (nSPS) is 10.6. The zero-order valence-corrected chi connectivity index (χ0v) is 10.2. The summed E-state index contributed by atoms with van der Waals surface area (Å²) in [5.41, 5.74) is 3.51. The molecule has 0 aliphatic heterocycles. The molecule has 94 valence electrons. The molecule has 3 aromatic rings. The van der Waals surface area contributed by atoms with E-state index in [1.54, 1.807) is 18.7 Å². The van der Waals surface area contributed by atoms with Crippen LogP contribution in [0.5, 0.6) is 0 Å². The predicted molar refractivity (Wildman–Crippen MR) is 69.9 cm³/mol. The molecule has 1 N–H and O–H groups in total. The molecule has 19 heavy (non-hydrogen) atoms. The minimum absolute atomic E-state index is 0.213. The summed E-state index contributed by atoms with van der Waals surface area (Å²) in [5.74, 6) is 0. The van der Waals surface area contributed by atoms with E-state index in [2.05, 4.69) is 20.4 Å². The molecule has 2 aromatic heterocycles. The zero-order chi connectivity index (χ0) is 13.2. The van der Waals surface area contributed by atoms with Gasteiger partial charge < -0.3 is 0 Å². The Morgan fingerprint density at radius 1 is 1.11 bits per heavy atom. The molecule has 0 aliphatic carbocycles. The summed E-state index contributed by atoms with van der Waals surface area (Å²) in [6.07, 6.45) is 3.29. The summed E-state index contributed by atoms with van der Waals surface area (Å²) in [4.78, 5) is 11.0. The van der Waals surface area contributed by atoms with Gasteiger partial charge in [-0.3, -0.25) is 9.36 Å². The number of hydrogen-bond donors (Lipinski definition) is 1. The monoisotopic (exact) mass is 253 g/mol.